The number of likely N-dealkylation sites (tertiary alicyclic amines) is 1. The van der Waals surface area contributed by atoms with Gasteiger partial charge in [0.05, 0.1) is 12.7 Å². The van der Waals surface area contributed by atoms with E-state index in [1.165, 1.54) is 0 Å². The normalized spacial score (nSPS) is 20.3. The Morgan fingerprint density at radius 1 is 1.33 bits per heavy atom. The van der Waals surface area contributed by atoms with Crippen LogP contribution < -0.4 is 4.74 Å². The van der Waals surface area contributed by atoms with Gasteiger partial charge in [0.1, 0.15) is 11.4 Å². The summed E-state index contributed by atoms with van der Waals surface area (Å²) in [4.78, 5) is 17.9. The Bertz CT molecular complexity index is 755. The zero-order valence-electron chi connectivity index (χ0n) is 14.0. The molecule has 1 saturated carbocycles. The Kier molecular flexibility index (Phi) is 3.76. The third-order valence-electron chi connectivity index (χ3n) is 5.46. The van der Waals surface area contributed by atoms with Gasteiger partial charge in [-0.3, -0.25) is 4.79 Å². The Morgan fingerprint density at radius 2 is 2.08 bits per heavy atom. The van der Waals surface area contributed by atoms with Crippen LogP contribution in [0.2, 0.25) is 0 Å². The van der Waals surface area contributed by atoms with Crippen molar-refractivity contribution in [2.45, 2.75) is 37.7 Å². The Labute approximate surface area is 141 Å². The van der Waals surface area contributed by atoms with Gasteiger partial charge in [-0.05, 0) is 62.3 Å². The number of amides is 1. The fourth-order valence-electron chi connectivity index (χ4n) is 3.75. The summed E-state index contributed by atoms with van der Waals surface area (Å²) in [5.74, 6) is 1.40. The van der Waals surface area contributed by atoms with Crippen LogP contribution in [0.4, 0.5) is 0 Å². The molecular formula is C19H24N2O3. The molecule has 5 nitrogen and oxygen atoms in total. The van der Waals surface area contributed by atoms with Crippen LogP contribution in [0.25, 0.3) is 10.9 Å². The molecule has 1 aliphatic heterocycles. The molecule has 24 heavy (non-hydrogen) atoms. The fraction of sp³-hybridized carbons (Fsp3) is 0.526. The number of nitrogens with one attached hydrogen (secondary N) is 1. The molecule has 2 fully saturated rings. The summed E-state index contributed by atoms with van der Waals surface area (Å²) in [6.07, 6.45) is 4.78. The first-order chi connectivity index (χ1) is 11.6. The van der Waals surface area contributed by atoms with E-state index in [9.17, 15) is 9.90 Å². The van der Waals surface area contributed by atoms with E-state index in [1.807, 2.05) is 29.2 Å². The second-order valence-electron chi connectivity index (χ2n) is 7.30. The van der Waals surface area contributed by atoms with E-state index in [1.54, 1.807) is 7.11 Å². The Balaban J connectivity index is 1.42. The molecule has 2 aliphatic rings. The van der Waals surface area contributed by atoms with Gasteiger partial charge in [0.25, 0.3) is 5.91 Å². The standard InChI is InChI=1S/C19H24N2O3/c1-24-15-2-3-16-14(10-15)11-17(20-16)18(22)21-8-4-13(5-9-21)12-19(23)6-7-19/h2-3,10-11,13,20,23H,4-9,12H2,1H3. The molecule has 0 bridgehead atoms. The van der Waals surface area contributed by atoms with Crippen LogP contribution >= 0.6 is 0 Å². The number of hydrogen-bond acceptors (Lipinski definition) is 3. The molecule has 5 heteroatoms. The van der Waals surface area contributed by atoms with Crippen LogP contribution in [0.5, 0.6) is 5.75 Å². The number of nitrogens with zero attached hydrogens (tertiary/aromatic N) is 1. The van der Waals surface area contributed by atoms with Crippen LogP contribution in [0, 0.1) is 5.92 Å². The van der Waals surface area contributed by atoms with Gasteiger partial charge in [-0.2, -0.15) is 0 Å². The van der Waals surface area contributed by atoms with Crippen molar-refractivity contribution in [1.29, 1.82) is 0 Å². The zero-order chi connectivity index (χ0) is 16.7. The molecule has 0 radical (unpaired) electrons. The molecule has 2 N–H and O–H groups in total. The molecule has 2 heterocycles. The molecule has 0 spiro atoms. The van der Waals surface area contributed by atoms with Crippen molar-refractivity contribution in [3.05, 3.63) is 30.0 Å². The predicted molar refractivity (Wildman–Crippen MR) is 92.3 cm³/mol. The summed E-state index contributed by atoms with van der Waals surface area (Å²) in [7, 11) is 1.64. The molecule has 0 atom stereocenters. The minimum atomic E-state index is -0.382. The van der Waals surface area contributed by atoms with Crippen molar-refractivity contribution >= 4 is 16.8 Å². The summed E-state index contributed by atoms with van der Waals surface area (Å²) < 4.78 is 5.24. The fourth-order valence-corrected chi connectivity index (χ4v) is 3.75. The number of aromatic amines is 1. The van der Waals surface area contributed by atoms with Gasteiger partial charge in [0.2, 0.25) is 0 Å². The van der Waals surface area contributed by atoms with Gasteiger partial charge in [0.15, 0.2) is 0 Å². The number of rotatable bonds is 4. The molecule has 1 saturated heterocycles. The topological polar surface area (TPSA) is 65.6 Å². The summed E-state index contributed by atoms with van der Waals surface area (Å²) in [6, 6.07) is 7.67. The zero-order valence-corrected chi connectivity index (χ0v) is 14.0. The number of benzene rings is 1. The molecule has 4 rings (SSSR count). The third-order valence-corrected chi connectivity index (χ3v) is 5.46. The lowest BCUT2D eigenvalue weighted by molar-refractivity contribution is 0.0614. The van der Waals surface area contributed by atoms with E-state index in [4.69, 9.17) is 4.74 Å². The number of carbonyl (C=O) groups is 1. The Morgan fingerprint density at radius 3 is 2.75 bits per heavy atom. The van der Waals surface area contributed by atoms with E-state index in [0.29, 0.717) is 11.6 Å². The first-order valence-electron chi connectivity index (χ1n) is 8.75. The van der Waals surface area contributed by atoms with E-state index in [0.717, 1.165) is 61.8 Å². The van der Waals surface area contributed by atoms with Crippen LogP contribution in [0.3, 0.4) is 0 Å². The van der Waals surface area contributed by atoms with Gasteiger partial charge in [-0.1, -0.05) is 0 Å². The lowest BCUT2D eigenvalue weighted by atomic mass is 9.90. The average Bonchev–Trinajstić information content (AvgIpc) is 3.17. The van der Waals surface area contributed by atoms with Crippen molar-refractivity contribution in [2.24, 2.45) is 5.92 Å². The SMILES string of the molecule is COc1ccc2[nH]c(C(=O)N3CCC(CC4(O)CC4)CC3)cc2c1. The maximum Gasteiger partial charge on any atom is 0.270 e. The predicted octanol–water partition coefficient (Wildman–Crippen LogP) is 2.94. The number of fused-ring (bicyclic) bond motifs is 1. The highest BCUT2D eigenvalue weighted by molar-refractivity contribution is 5.98. The second kappa shape index (κ2) is 5.81. The first kappa shape index (κ1) is 15.5. The molecule has 1 aromatic carbocycles. The monoisotopic (exact) mass is 328 g/mol. The van der Waals surface area contributed by atoms with E-state index in [-0.39, 0.29) is 11.5 Å². The van der Waals surface area contributed by atoms with Gasteiger partial charge >= 0.3 is 0 Å². The smallest absolute Gasteiger partial charge is 0.270 e. The number of aliphatic hydroxyl groups is 1. The molecule has 2 aromatic rings. The molecule has 0 unspecified atom stereocenters. The Hall–Kier alpha value is -2.01. The van der Waals surface area contributed by atoms with Crippen molar-refractivity contribution in [2.75, 3.05) is 20.2 Å². The van der Waals surface area contributed by atoms with E-state index < -0.39 is 0 Å². The van der Waals surface area contributed by atoms with Crippen molar-refractivity contribution in [3.8, 4) is 5.75 Å². The lowest BCUT2D eigenvalue weighted by Gasteiger charge is -2.32. The van der Waals surface area contributed by atoms with Gasteiger partial charge in [0, 0.05) is 24.0 Å². The summed E-state index contributed by atoms with van der Waals surface area (Å²) in [5.41, 5.74) is 1.20. The minimum Gasteiger partial charge on any atom is -0.497 e. The number of aromatic nitrogens is 1. The summed E-state index contributed by atoms with van der Waals surface area (Å²) >= 11 is 0. The maximum atomic E-state index is 12.7. The number of hydrogen-bond donors (Lipinski definition) is 2. The molecule has 1 aromatic heterocycles. The highest BCUT2D eigenvalue weighted by Crippen LogP contribution is 2.42. The summed E-state index contributed by atoms with van der Waals surface area (Å²) in [6.45, 7) is 1.55. The third kappa shape index (κ3) is 3.00. The van der Waals surface area contributed by atoms with Crippen LogP contribution in [-0.4, -0.2) is 46.7 Å². The van der Waals surface area contributed by atoms with Crippen molar-refractivity contribution in [1.82, 2.24) is 9.88 Å². The maximum absolute atomic E-state index is 12.7. The quantitative estimate of drug-likeness (QED) is 0.907. The lowest BCUT2D eigenvalue weighted by Crippen LogP contribution is -2.39. The first-order valence-corrected chi connectivity index (χ1v) is 8.75. The number of H-pyrrole nitrogens is 1. The van der Waals surface area contributed by atoms with Crippen LogP contribution in [0.1, 0.15) is 42.6 Å². The number of methoxy groups -OCH3 is 1. The van der Waals surface area contributed by atoms with Crippen LogP contribution in [-0.2, 0) is 0 Å². The van der Waals surface area contributed by atoms with Gasteiger partial charge in [-0.25, -0.2) is 0 Å². The van der Waals surface area contributed by atoms with Crippen molar-refractivity contribution in [3.63, 3.8) is 0 Å². The number of piperidine rings is 1. The molecular weight excluding hydrogens is 304 g/mol. The summed E-state index contributed by atoms with van der Waals surface area (Å²) in [5, 5.41) is 11.1. The van der Waals surface area contributed by atoms with Crippen LogP contribution in [0.15, 0.2) is 24.3 Å². The minimum absolute atomic E-state index is 0.0637. The van der Waals surface area contributed by atoms with E-state index in [2.05, 4.69) is 4.98 Å². The molecule has 1 amide bonds. The highest BCUT2D eigenvalue weighted by Gasteiger charge is 2.42. The van der Waals surface area contributed by atoms with E-state index >= 15 is 0 Å². The molecule has 128 valence electrons. The number of ether oxygens (including phenoxy) is 1. The van der Waals surface area contributed by atoms with Gasteiger partial charge in [-0.15, -0.1) is 0 Å². The average molecular weight is 328 g/mol. The number of carbonyl (C=O) groups excluding carboxylic acids is 1. The second-order valence-corrected chi connectivity index (χ2v) is 7.30. The van der Waals surface area contributed by atoms with Gasteiger partial charge < -0.3 is 19.7 Å². The highest BCUT2D eigenvalue weighted by atomic mass is 16.5. The molecule has 1 aliphatic carbocycles. The van der Waals surface area contributed by atoms with Crippen molar-refractivity contribution < 1.29 is 14.6 Å². The largest absolute Gasteiger partial charge is 0.497 e.